The number of nitrogens with one attached hydrogen (secondary N) is 1. The first kappa shape index (κ1) is 27.0. The maximum absolute atomic E-state index is 13.3. The van der Waals surface area contributed by atoms with E-state index in [1.807, 2.05) is 31.2 Å². The summed E-state index contributed by atoms with van der Waals surface area (Å²) in [5.74, 6) is 0.374. The number of hydrogen-bond acceptors (Lipinski definition) is 6. The Hall–Kier alpha value is -3.26. The Balaban J connectivity index is 1.97. The number of allylic oxidation sites excluding steroid dienone is 2. The summed E-state index contributed by atoms with van der Waals surface area (Å²) in [6.07, 6.45) is 5.43. The molecular formula is C26H37N3O5. The van der Waals surface area contributed by atoms with Crippen LogP contribution in [0.2, 0.25) is 0 Å². The molecule has 0 radical (unpaired) electrons. The largest absolute Gasteiger partial charge is 0.495 e. The predicted molar refractivity (Wildman–Crippen MR) is 131 cm³/mol. The molecule has 0 saturated carbocycles. The van der Waals surface area contributed by atoms with Gasteiger partial charge < -0.3 is 19.3 Å². The molecule has 1 aliphatic heterocycles. The summed E-state index contributed by atoms with van der Waals surface area (Å²) >= 11 is 0. The Morgan fingerprint density at radius 3 is 2.29 bits per heavy atom. The Morgan fingerprint density at radius 2 is 1.76 bits per heavy atom. The Kier molecular flexibility index (Phi) is 11.2. The predicted octanol–water partition coefficient (Wildman–Crippen LogP) is 3.29. The van der Waals surface area contributed by atoms with Crippen molar-refractivity contribution in [2.24, 2.45) is 5.92 Å². The van der Waals surface area contributed by atoms with Crippen LogP contribution in [0.3, 0.4) is 0 Å². The number of methoxy groups -OCH3 is 1. The maximum atomic E-state index is 13.3. The lowest BCUT2D eigenvalue weighted by molar-refractivity contribution is -0.141. The van der Waals surface area contributed by atoms with E-state index in [9.17, 15) is 9.59 Å². The van der Waals surface area contributed by atoms with Crippen molar-refractivity contribution < 1.29 is 24.3 Å². The van der Waals surface area contributed by atoms with Gasteiger partial charge in [-0.25, -0.2) is 5.48 Å². The van der Waals surface area contributed by atoms with Crippen LogP contribution in [0.1, 0.15) is 31.7 Å². The molecular weight excluding hydrogens is 434 g/mol. The fourth-order valence-corrected chi connectivity index (χ4v) is 4.16. The number of hydroxylamine groups is 1. The molecule has 1 heterocycles. The summed E-state index contributed by atoms with van der Waals surface area (Å²) in [5, 5.41) is 8.99. The van der Waals surface area contributed by atoms with Crippen LogP contribution in [0.15, 0.2) is 61.0 Å². The van der Waals surface area contributed by atoms with Gasteiger partial charge in [-0.15, -0.1) is 0 Å². The van der Waals surface area contributed by atoms with Crippen LogP contribution in [0, 0.1) is 5.92 Å². The van der Waals surface area contributed by atoms with Crippen molar-refractivity contribution in [3.05, 3.63) is 66.6 Å². The Bertz CT molecular complexity index is 858. The number of piperazine rings is 1. The smallest absolute Gasteiger partial charge is 0.244 e. The quantitative estimate of drug-likeness (QED) is 0.199. The highest BCUT2D eigenvalue weighted by Gasteiger charge is 2.29. The molecule has 1 aromatic rings. The van der Waals surface area contributed by atoms with Gasteiger partial charge in [-0.05, 0) is 56.0 Å². The third-order valence-electron chi connectivity index (χ3n) is 5.94. The Morgan fingerprint density at radius 1 is 1.12 bits per heavy atom. The number of hydrogen-bond donors (Lipinski definition) is 2. The van der Waals surface area contributed by atoms with Crippen LogP contribution in [0.4, 0.5) is 0 Å². The van der Waals surface area contributed by atoms with E-state index < -0.39 is 11.8 Å². The summed E-state index contributed by atoms with van der Waals surface area (Å²) in [7, 11) is 1.59. The van der Waals surface area contributed by atoms with Gasteiger partial charge in [0.2, 0.25) is 11.8 Å². The highest BCUT2D eigenvalue weighted by atomic mass is 16.5. The van der Waals surface area contributed by atoms with Crippen LogP contribution in [0.25, 0.3) is 0 Å². The fourth-order valence-electron chi connectivity index (χ4n) is 4.16. The normalized spacial score (nSPS) is 15.1. The van der Waals surface area contributed by atoms with Crippen molar-refractivity contribution >= 4 is 11.8 Å². The van der Waals surface area contributed by atoms with Crippen LogP contribution in [-0.4, -0.2) is 66.7 Å². The molecule has 8 heteroatoms. The molecule has 8 nitrogen and oxygen atoms in total. The first-order valence-corrected chi connectivity index (χ1v) is 11.7. The molecule has 1 atom stereocenters. The number of ether oxygens (including phenoxy) is 2. The molecule has 2 N–H and O–H groups in total. The molecule has 1 saturated heterocycles. The van der Waals surface area contributed by atoms with Gasteiger partial charge >= 0.3 is 0 Å². The number of benzene rings is 1. The van der Waals surface area contributed by atoms with Gasteiger partial charge in [0.15, 0.2) is 0 Å². The summed E-state index contributed by atoms with van der Waals surface area (Å²) in [4.78, 5) is 29.0. The molecule has 0 spiro atoms. The SMILES string of the molecule is C=C/C(OC)=C(\C=C)N1CCN(C(=O)[C@H](CCCc2ccc(OCC)cc2)CC(=O)NO)CC1. The number of amides is 2. The lowest BCUT2D eigenvalue weighted by Crippen LogP contribution is -2.50. The minimum atomic E-state index is -0.550. The molecule has 1 aliphatic rings. The second kappa shape index (κ2) is 14.1. The van der Waals surface area contributed by atoms with Gasteiger partial charge in [-0.3, -0.25) is 14.8 Å². The number of carbonyl (C=O) groups is 2. The zero-order valence-electron chi connectivity index (χ0n) is 20.3. The van der Waals surface area contributed by atoms with Crippen LogP contribution >= 0.6 is 0 Å². The average Bonchev–Trinajstić information content (AvgIpc) is 2.87. The number of rotatable bonds is 13. The van der Waals surface area contributed by atoms with E-state index in [-0.39, 0.29) is 12.3 Å². The van der Waals surface area contributed by atoms with Gasteiger partial charge in [0.25, 0.3) is 0 Å². The Labute approximate surface area is 202 Å². The zero-order valence-corrected chi connectivity index (χ0v) is 20.3. The number of nitrogens with zero attached hydrogens (tertiary/aromatic N) is 2. The zero-order chi connectivity index (χ0) is 24.9. The van der Waals surface area contributed by atoms with Crippen molar-refractivity contribution in [2.75, 3.05) is 39.9 Å². The molecule has 0 unspecified atom stereocenters. The van der Waals surface area contributed by atoms with Gasteiger partial charge in [0.05, 0.1) is 19.4 Å². The van der Waals surface area contributed by atoms with Crippen molar-refractivity contribution in [2.45, 2.75) is 32.6 Å². The molecule has 0 bridgehead atoms. The summed E-state index contributed by atoms with van der Waals surface area (Å²) in [6, 6.07) is 7.91. The van der Waals surface area contributed by atoms with E-state index in [1.165, 1.54) is 0 Å². The number of carbonyl (C=O) groups excluding carboxylic acids is 2. The lowest BCUT2D eigenvalue weighted by Gasteiger charge is -2.38. The molecule has 1 aromatic carbocycles. The van der Waals surface area contributed by atoms with E-state index in [0.29, 0.717) is 45.0 Å². The average molecular weight is 472 g/mol. The summed E-state index contributed by atoms with van der Waals surface area (Å²) in [6.45, 7) is 12.5. The fraction of sp³-hybridized carbons (Fsp3) is 0.462. The minimum Gasteiger partial charge on any atom is -0.495 e. The first-order chi connectivity index (χ1) is 16.5. The van der Waals surface area contributed by atoms with E-state index in [0.717, 1.165) is 29.9 Å². The second-order valence-electron chi connectivity index (χ2n) is 8.08. The van der Waals surface area contributed by atoms with Crippen molar-refractivity contribution in [3.8, 4) is 5.75 Å². The third kappa shape index (κ3) is 7.66. The first-order valence-electron chi connectivity index (χ1n) is 11.7. The van der Waals surface area contributed by atoms with E-state index >= 15 is 0 Å². The standard InChI is InChI=1S/C26H37N3O5/c1-5-23(24(6-2)33-4)28-15-17-29(18-16-28)26(31)21(19-25(30)27-32)10-8-9-20-11-13-22(14-12-20)34-7-3/h5-6,11-14,21,32H,1-2,7-10,15-19H2,3-4H3,(H,27,30)/b24-23-/t21-/m1/s1. The maximum Gasteiger partial charge on any atom is 0.244 e. The highest BCUT2D eigenvalue weighted by Crippen LogP contribution is 2.22. The molecule has 2 rings (SSSR count). The molecule has 34 heavy (non-hydrogen) atoms. The topological polar surface area (TPSA) is 91.3 Å². The monoisotopic (exact) mass is 471 g/mol. The van der Waals surface area contributed by atoms with Crippen molar-refractivity contribution in [1.82, 2.24) is 15.3 Å². The van der Waals surface area contributed by atoms with E-state index in [1.54, 1.807) is 29.6 Å². The molecule has 1 fully saturated rings. The van der Waals surface area contributed by atoms with Crippen LogP contribution in [0.5, 0.6) is 5.75 Å². The van der Waals surface area contributed by atoms with Gasteiger partial charge in [-0.1, -0.05) is 25.3 Å². The summed E-state index contributed by atoms with van der Waals surface area (Å²) < 4.78 is 10.8. The molecule has 2 amide bonds. The third-order valence-corrected chi connectivity index (χ3v) is 5.94. The minimum absolute atomic E-state index is 0.0408. The number of aryl methyl sites for hydroxylation is 1. The van der Waals surface area contributed by atoms with Crippen molar-refractivity contribution in [3.63, 3.8) is 0 Å². The van der Waals surface area contributed by atoms with Crippen LogP contribution in [-0.2, 0) is 20.7 Å². The van der Waals surface area contributed by atoms with Gasteiger partial charge in [0, 0.05) is 38.5 Å². The van der Waals surface area contributed by atoms with Gasteiger partial charge in [0.1, 0.15) is 11.5 Å². The van der Waals surface area contributed by atoms with Gasteiger partial charge in [-0.2, -0.15) is 0 Å². The molecule has 186 valence electrons. The molecule has 0 aliphatic carbocycles. The van der Waals surface area contributed by atoms with E-state index in [2.05, 4.69) is 18.1 Å². The van der Waals surface area contributed by atoms with E-state index in [4.69, 9.17) is 14.7 Å². The highest BCUT2D eigenvalue weighted by molar-refractivity contribution is 5.85. The second-order valence-corrected chi connectivity index (χ2v) is 8.08. The summed E-state index contributed by atoms with van der Waals surface area (Å²) in [5.41, 5.74) is 3.65. The van der Waals surface area contributed by atoms with Crippen LogP contribution < -0.4 is 10.2 Å². The lowest BCUT2D eigenvalue weighted by atomic mass is 9.94. The van der Waals surface area contributed by atoms with Crippen molar-refractivity contribution in [1.29, 1.82) is 0 Å². The molecule has 0 aromatic heterocycles.